The Morgan fingerprint density at radius 1 is 1.30 bits per heavy atom. The van der Waals surface area contributed by atoms with Gasteiger partial charge in [0, 0.05) is 47.0 Å². The molecule has 1 aliphatic heterocycles. The molecule has 0 radical (unpaired) electrons. The van der Waals surface area contributed by atoms with Crippen molar-refractivity contribution in [2.45, 2.75) is 12.8 Å². The maximum absolute atomic E-state index is 8.25. The number of nitrogens with one attached hydrogen (secondary N) is 1. The first-order valence-corrected chi connectivity index (χ1v) is 2.84. The number of hydrogen-bond donors (Lipinski definition) is 2. The maximum Gasteiger partial charge on any atom is 0.0596 e. The van der Waals surface area contributed by atoms with Gasteiger partial charge in [-0.1, -0.05) is 5.16 Å². The van der Waals surface area contributed by atoms with E-state index in [0.717, 1.165) is 31.6 Å². The summed E-state index contributed by atoms with van der Waals surface area (Å²) in [7, 11) is 0. The van der Waals surface area contributed by atoms with E-state index in [1.807, 2.05) is 0 Å². The number of piperidine rings is 1. The number of rotatable bonds is 0. The van der Waals surface area contributed by atoms with Crippen LogP contribution in [0, 0.1) is 7.43 Å². The summed E-state index contributed by atoms with van der Waals surface area (Å²) >= 11 is 0. The van der Waals surface area contributed by atoms with E-state index < -0.39 is 0 Å². The molecule has 0 amide bonds. The van der Waals surface area contributed by atoms with Crippen LogP contribution in [0.3, 0.4) is 0 Å². The van der Waals surface area contributed by atoms with E-state index in [-0.39, 0.29) is 28.5 Å². The Morgan fingerprint density at radius 3 is 2.10 bits per heavy atom. The van der Waals surface area contributed by atoms with E-state index in [1.54, 1.807) is 0 Å². The average molecular weight is 313 g/mol. The summed E-state index contributed by atoms with van der Waals surface area (Å²) in [4.78, 5) is 0. The van der Waals surface area contributed by atoms with Crippen LogP contribution in [0.4, 0.5) is 0 Å². The Balaban J connectivity index is 0. The summed E-state index contributed by atoms with van der Waals surface area (Å²) in [6.07, 6.45) is 1.80. The molecule has 60 valence electrons. The third kappa shape index (κ3) is 4.02. The zero-order valence-corrected chi connectivity index (χ0v) is 9.06. The predicted octanol–water partition coefficient (Wildman–Crippen LogP) is 0.648. The molecular weight excluding hydrogens is 300 g/mol. The largest absolute Gasteiger partial charge is 0.411 e. The van der Waals surface area contributed by atoms with Gasteiger partial charge in [-0.2, -0.15) is 0 Å². The second kappa shape index (κ2) is 7.23. The fourth-order valence-corrected chi connectivity index (χ4v) is 0.815. The van der Waals surface area contributed by atoms with Crippen LogP contribution in [0.15, 0.2) is 5.16 Å². The Morgan fingerprint density at radius 2 is 1.80 bits per heavy atom. The topological polar surface area (TPSA) is 44.6 Å². The Labute approximate surface area is 76.1 Å². The van der Waals surface area contributed by atoms with Crippen molar-refractivity contribution in [2.24, 2.45) is 5.16 Å². The van der Waals surface area contributed by atoms with Gasteiger partial charge in [-0.25, -0.2) is 0 Å². The Hall–Kier alpha value is 0.118. The molecule has 3 nitrogen and oxygen atoms in total. The minimum absolute atomic E-state index is 0. The fourth-order valence-electron chi connectivity index (χ4n) is 0.815. The minimum atomic E-state index is 0. The molecule has 2 N–H and O–H groups in total. The van der Waals surface area contributed by atoms with Crippen molar-refractivity contribution in [3.63, 3.8) is 0 Å². The molecule has 1 rings (SSSR count). The summed E-state index contributed by atoms with van der Waals surface area (Å²) in [6, 6.07) is 0. The van der Waals surface area contributed by atoms with Crippen molar-refractivity contribution in [2.75, 3.05) is 13.1 Å². The van der Waals surface area contributed by atoms with E-state index in [4.69, 9.17) is 5.21 Å². The van der Waals surface area contributed by atoms with Crippen LogP contribution in [-0.4, -0.2) is 24.0 Å². The molecule has 0 aliphatic carbocycles. The maximum atomic E-state index is 8.25. The van der Waals surface area contributed by atoms with Gasteiger partial charge in [0.05, 0.1) is 5.71 Å². The van der Waals surface area contributed by atoms with E-state index in [1.165, 1.54) is 0 Å². The number of hydrogen-bond acceptors (Lipinski definition) is 3. The molecule has 10 heavy (non-hydrogen) atoms. The molecule has 1 heterocycles. The quantitative estimate of drug-likeness (QED) is 0.392. The van der Waals surface area contributed by atoms with Crippen molar-refractivity contribution in [1.29, 1.82) is 0 Å². The van der Waals surface area contributed by atoms with Gasteiger partial charge >= 0.3 is 0 Å². The molecule has 0 aromatic carbocycles. The molecule has 1 fully saturated rings. The first kappa shape index (κ1) is 12.8. The summed E-state index contributed by atoms with van der Waals surface area (Å²) in [6.45, 7) is 1.92. The van der Waals surface area contributed by atoms with Crippen molar-refractivity contribution >= 4 is 5.71 Å². The number of oxime groups is 1. The zero-order chi connectivity index (χ0) is 5.82. The average Bonchev–Trinajstić information content (AvgIpc) is 1.90. The monoisotopic (exact) mass is 313 g/mol. The van der Waals surface area contributed by atoms with Gasteiger partial charge in [0.2, 0.25) is 0 Å². The molecule has 0 saturated carbocycles. The first-order chi connectivity index (χ1) is 3.93. The molecular formula is C6H13N2OW-. The van der Waals surface area contributed by atoms with E-state index in [9.17, 15) is 0 Å². The fraction of sp³-hybridized carbons (Fsp3) is 0.667. The molecule has 0 aromatic heterocycles. The van der Waals surface area contributed by atoms with Crippen molar-refractivity contribution < 1.29 is 26.3 Å². The van der Waals surface area contributed by atoms with Crippen LogP contribution < -0.4 is 5.32 Å². The zero-order valence-electron chi connectivity index (χ0n) is 6.13. The van der Waals surface area contributed by atoms with E-state index in [0.29, 0.717) is 0 Å². The standard InChI is InChI=1S/C5H10N2O.CH3.W/c8-7-5-1-3-6-4-2-5;;/h6,8H,1-4H2;1H3;/q;-1;. The Kier molecular flexibility index (Phi) is 9.23. The third-order valence-electron chi connectivity index (χ3n) is 1.32. The van der Waals surface area contributed by atoms with E-state index in [2.05, 4.69) is 10.5 Å². The van der Waals surface area contributed by atoms with Crippen molar-refractivity contribution in [3.8, 4) is 0 Å². The van der Waals surface area contributed by atoms with Gasteiger partial charge < -0.3 is 18.0 Å². The molecule has 0 aromatic rings. The van der Waals surface area contributed by atoms with Crippen LogP contribution in [0.1, 0.15) is 12.8 Å². The molecule has 0 atom stereocenters. The summed E-state index contributed by atoms with van der Waals surface area (Å²) < 4.78 is 0. The van der Waals surface area contributed by atoms with Gasteiger partial charge in [-0.3, -0.25) is 0 Å². The van der Waals surface area contributed by atoms with Crippen LogP contribution in [0.25, 0.3) is 0 Å². The smallest absolute Gasteiger partial charge is 0.0596 e. The van der Waals surface area contributed by atoms with Crippen LogP contribution >= 0.6 is 0 Å². The SMILES string of the molecule is ON=C1CCNCC1.[CH3-].[W]. The molecule has 0 bridgehead atoms. The van der Waals surface area contributed by atoms with Crippen molar-refractivity contribution in [3.05, 3.63) is 7.43 Å². The van der Waals surface area contributed by atoms with Gasteiger partial charge in [-0.15, -0.1) is 0 Å². The van der Waals surface area contributed by atoms with Gasteiger partial charge in [0.25, 0.3) is 0 Å². The normalized spacial score (nSPS) is 16.6. The summed E-state index contributed by atoms with van der Waals surface area (Å²) in [5.41, 5.74) is 0.920. The van der Waals surface area contributed by atoms with Gasteiger partial charge in [0.15, 0.2) is 0 Å². The molecule has 0 spiro atoms. The van der Waals surface area contributed by atoms with Crippen LogP contribution in [0.5, 0.6) is 0 Å². The van der Waals surface area contributed by atoms with Crippen molar-refractivity contribution in [1.82, 2.24) is 5.32 Å². The predicted molar refractivity (Wildman–Crippen MR) is 37.7 cm³/mol. The molecule has 4 heteroatoms. The molecule has 1 aliphatic rings. The molecule has 1 saturated heterocycles. The first-order valence-electron chi connectivity index (χ1n) is 2.84. The minimum Gasteiger partial charge on any atom is -0.411 e. The van der Waals surface area contributed by atoms with E-state index >= 15 is 0 Å². The van der Waals surface area contributed by atoms with Crippen LogP contribution in [-0.2, 0) is 21.1 Å². The van der Waals surface area contributed by atoms with Gasteiger partial charge in [-0.05, 0) is 0 Å². The Bertz CT molecular complexity index is 97.9. The van der Waals surface area contributed by atoms with Gasteiger partial charge in [0.1, 0.15) is 0 Å². The summed E-state index contributed by atoms with van der Waals surface area (Å²) in [5, 5.41) is 14.5. The molecule has 0 unspecified atom stereocenters. The second-order valence-corrected chi connectivity index (χ2v) is 1.92. The van der Waals surface area contributed by atoms with Crippen LogP contribution in [0.2, 0.25) is 0 Å². The summed E-state index contributed by atoms with van der Waals surface area (Å²) in [5.74, 6) is 0. The third-order valence-corrected chi connectivity index (χ3v) is 1.32. The second-order valence-electron chi connectivity index (χ2n) is 1.92. The number of nitrogens with zero attached hydrogens (tertiary/aromatic N) is 1.